The summed E-state index contributed by atoms with van der Waals surface area (Å²) in [5.74, 6) is -0.218. The van der Waals surface area contributed by atoms with Gasteiger partial charge in [-0.25, -0.2) is 0 Å². The van der Waals surface area contributed by atoms with Crippen molar-refractivity contribution in [2.45, 2.75) is 13.8 Å². The summed E-state index contributed by atoms with van der Waals surface area (Å²) in [4.78, 5) is 13.4. The third kappa shape index (κ3) is 3.36. The normalized spacial score (nSPS) is 11.0. The predicted octanol–water partition coefficient (Wildman–Crippen LogP) is 5.84. The van der Waals surface area contributed by atoms with E-state index >= 15 is 0 Å². The summed E-state index contributed by atoms with van der Waals surface area (Å²) in [5.41, 5.74) is 5.84. The SMILES string of the molecule is Cc1[nH]nc(C(=O)c2n[nH]c(C)c2-c2ccc(Br)cc2)c1-c1ccc(Br)cc1. The van der Waals surface area contributed by atoms with Crippen LogP contribution in [0.5, 0.6) is 0 Å². The number of benzene rings is 2. The average Bonchev–Trinajstić information content (AvgIpc) is 3.26. The van der Waals surface area contributed by atoms with E-state index in [1.54, 1.807) is 0 Å². The minimum absolute atomic E-state index is 0.218. The van der Waals surface area contributed by atoms with E-state index in [2.05, 4.69) is 52.3 Å². The van der Waals surface area contributed by atoms with E-state index in [0.29, 0.717) is 11.4 Å². The Balaban J connectivity index is 1.82. The van der Waals surface area contributed by atoms with E-state index in [1.807, 2.05) is 62.4 Å². The van der Waals surface area contributed by atoms with Crippen molar-refractivity contribution in [3.8, 4) is 22.3 Å². The zero-order valence-electron chi connectivity index (χ0n) is 15.2. The van der Waals surface area contributed by atoms with Crippen LogP contribution in [-0.4, -0.2) is 26.2 Å². The molecule has 7 heteroatoms. The van der Waals surface area contributed by atoms with Crippen molar-refractivity contribution in [2.24, 2.45) is 0 Å². The van der Waals surface area contributed by atoms with E-state index in [-0.39, 0.29) is 5.78 Å². The van der Waals surface area contributed by atoms with Crippen molar-refractivity contribution < 1.29 is 4.79 Å². The molecule has 2 N–H and O–H groups in total. The fourth-order valence-electron chi connectivity index (χ4n) is 3.24. The number of nitrogens with one attached hydrogen (secondary N) is 2. The first-order valence-electron chi connectivity index (χ1n) is 8.62. The second kappa shape index (κ2) is 7.48. The van der Waals surface area contributed by atoms with Gasteiger partial charge in [-0.2, -0.15) is 10.2 Å². The van der Waals surface area contributed by atoms with Crippen LogP contribution in [-0.2, 0) is 0 Å². The summed E-state index contributed by atoms with van der Waals surface area (Å²) in [7, 11) is 0. The van der Waals surface area contributed by atoms with Crippen LogP contribution in [0.1, 0.15) is 27.6 Å². The van der Waals surface area contributed by atoms with E-state index in [1.165, 1.54) is 0 Å². The molecule has 140 valence electrons. The van der Waals surface area contributed by atoms with Crippen LogP contribution in [0.4, 0.5) is 0 Å². The molecule has 0 radical (unpaired) electrons. The highest BCUT2D eigenvalue weighted by molar-refractivity contribution is 9.10. The molecule has 5 nitrogen and oxygen atoms in total. The third-order valence-corrected chi connectivity index (χ3v) is 5.65. The molecule has 0 aliphatic carbocycles. The molecule has 0 spiro atoms. The van der Waals surface area contributed by atoms with Crippen LogP contribution in [0.25, 0.3) is 22.3 Å². The number of aromatic amines is 2. The zero-order chi connectivity index (χ0) is 19.8. The molecule has 0 unspecified atom stereocenters. The molecular formula is C21H16Br2N4O. The van der Waals surface area contributed by atoms with E-state index < -0.39 is 0 Å². The number of rotatable bonds is 4. The highest BCUT2D eigenvalue weighted by Crippen LogP contribution is 2.32. The molecule has 0 fully saturated rings. The third-order valence-electron chi connectivity index (χ3n) is 4.59. The van der Waals surface area contributed by atoms with Gasteiger partial charge in [-0.1, -0.05) is 56.1 Å². The largest absolute Gasteiger partial charge is 0.285 e. The summed E-state index contributed by atoms with van der Waals surface area (Å²) in [6.07, 6.45) is 0. The Kier molecular flexibility index (Phi) is 5.03. The molecule has 0 aliphatic rings. The van der Waals surface area contributed by atoms with Crippen molar-refractivity contribution in [3.05, 3.63) is 80.3 Å². The monoisotopic (exact) mass is 498 g/mol. The van der Waals surface area contributed by atoms with Crippen LogP contribution >= 0.6 is 31.9 Å². The molecule has 28 heavy (non-hydrogen) atoms. The number of aryl methyl sites for hydroxylation is 2. The minimum Gasteiger partial charge on any atom is -0.285 e. The molecule has 0 saturated carbocycles. The standard InChI is InChI=1S/C21H16Br2N4O/c1-11-17(13-3-7-15(22)8-4-13)19(26-24-11)21(28)20-18(12(2)25-27-20)14-5-9-16(23)10-6-14/h3-10H,1-2H3,(H,24,26)(H,25,27). The number of carbonyl (C=O) groups is 1. The summed E-state index contributed by atoms with van der Waals surface area (Å²) in [6, 6.07) is 15.6. The smallest absolute Gasteiger partial charge is 0.234 e. The van der Waals surface area contributed by atoms with Crippen molar-refractivity contribution in [1.82, 2.24) is 20.4 Å². The zero-order valence-corrected chi connectivity index (χ0v) is 18.3. The van der Waals surface area contributed by atoms with Crippen molar-refractivity contribution in [2.75, 3.05) is 0 Å². The van der Waals surface area contributed by atoms with Gasteiger partial charge in [0, 0.05) is 31.5 Å². The Labute approximate surface area is 178 Å². The van der Waals surface area contributed by atoms with Gasteiger partial charge in [0.2, 0.25) is 5.78 Å². The fourth-order valence-corrected chi connectivity index (χ4v) is 3.77. The lowest BCUT2D eigenvalue weighted by atomic mass is 9.96. The molecule has 2 aromatic heterocycles. The second-order valence-corrected chi connectivity index (χ2v) is 8.32. The molecule has 0 amide bonds. The van der Waals surface area contributed by atoms with Gasteiger partial charge in [-0.05, 0) is 49.2 Å². The fraction of sp³-hybridized carbons (Fsp3) is 0.0952. The Morgan fingerprint density at radius 1 is 0.714 bits per heavy atom. The minimum atomic E-state index is -0.218. The van der Waals surface area contributed by atoms with Gasteiger partial charge >= 0.3 is 0 Å². The number of nitrogens with zero attached hydrogens (tertiary/aromatic N) is 2. The lowest BCUT2D eigenvalue weighted by Gasteiger charge is -2.06. The van der Waals surface area contributed by atoms with E-state index in [9.17, 15) is 4.79 Å². The first-order valence-corrected chi connectivity index (χ1v) is 10.2. The number of H-pyrrole nitrogens is 2. The van der Waals surface area contributed by atoms with Gasteiger partial charge in [0.1, 0.15) is 11.4 Å². The summed E-state index contributed by atoms with van der Waals surface area (Å²) >= 11 is 6.89. The lowest BCUT2D eigenvalue weighted by Crippen LogP contribution is -2.06. The molecule has 0 aliphatic heterocycles. The maximum Gasteiger partial charge on any atom is 0.234 e. The highest BCUT2D eigenvalue weighted by Gasteiger charge is 2.26. The van der Waals surface area contributed by atoms with Crippen molar-refractivity contribution >= 4 is 37.6 Å². The number of halogens is 2. The van der Waals surface area contributed by atoms with Gasteiger partial charge in [0.25, 0.3) is 0 Å². The number of carbonyl (C=O) groups excluding carboxylic acids is 1. The number of hydrogen-bond acceptors (Lipinski definition) is 3. The predicted molar refractivity (Wildman–Crippen MR) is 116 cm³/mol. The van der Waals surface area contributed by atoms with Gasteiger partial charge in [-0.15, -0.1) is 0 Å². The summed E-state index contributed by atoms with van der Waals surface area (Å²) in [6.45, 7) is 3.82. The maximum absolute atomic E-state index is 13.4. The van der Waals surface area contributed by atoms with Gasteiger partial charge < -0.3 is 0 Å². The quantitative estimate of drug-likeness (QED) is 0.346. The molecule has 0 bridgehead atoms. The van der Waals surface area contributed by atoms with Crippen LogP contribution < -0.4 is 0 Å². The first-order chi connectivity index (χ1) is 13.5. The topological polar surface area (TPSA) is 74.4 Å². The number of aromatic nitrogens is 4. The Morgan fingerprint density at radius 2 is 1.07 bits per heavy atom. The molecular weight excluding hydrogens is 484 g/mol. The summed E-state index contributed by atoms with van der Waals surface area (Å²) in [5, 5.41) is 14.5. The molecule has 4 aromatic rings. The van der Waals surface area contributed by atoms with Gasteiger partial charge in [0.15, 0.2) is 0 Å². The number of ketones is 1. The van der Waals surface area contributed by atoms with Crippen LogP contribution in [0, 0.1) is 13.8 Å². The lowest BCUT2D eigenvalue weighted by molar-refractivity contribution is 0.103. The van der Waals surface area contributed by atoms with E-state index in [4.69, 9.17) is 0 Å². The van der Waals surface area contributed by atoms with Gasteiger partial charge in [0.05, 0.1) is 0 Å². The Morgan fingerprint density at radius 3 is 1.43 bits per heavy atom. The molecule has 0 atom stereocenters. The van der Waals surface area contributed by atoms with Crippen molar-refractivity contribution in [3.63, 3.8) is 0 Å². The summed E-state index contributed by atoms with van der Waals surface area (Å²) < 4.78 is 1.96. The first kappa shape index (κ1) is 18.8. The number of hydrogen-bond donors (Lipinski definition) is 2. The highest BCUT2D eigenvalue weighted by atomic mass is 79.9. The van der Waals surface area contributed by atoms with Crippen molar-refractivity contribution in [1.29, 1.82) is 0 Å². The van der Waals surface area contributed by atoms with Gasteiger partial charge in [-0.3, -0.25) is 15.0 Å². The molecule has 0 saturated heterocycles. The van der Waals surface area contributed by atoms with Crippen LogP contribution in [0.3, 0.4) is 0 Å². The van der Waals surface area contributed by atoms with Crippen LogP contribution in [0.2, 0.25) is 0 Å². The van der Waals surface area contributed by atoms with E-state index in [0.717, 1.165) is 42.6 Å². The Bertz CT molecular complexity index is 1070. The molecule has 2 heterocycles. The second-order valence-electron chi connectivity index (χ2n) is 6.49. The van der Waals surface area contributed by atoms with Crippen LogP contribution in [0.15, 0.2) is 57.5 Å². The average molecular weight is 500 g/mol. The maximum atomic E-state index is 13.4. The Hall–Kier alpha value is -2.51. The molecule has 4 rings (SSSR count). The molecule has 2 aromatic carbocycles.